The number of hydrogen-bond donors (Lipinski definition) is 1. The number of nitrogens with zero attached hydrogens (tertiary/aromatic N) is 1. The molecule has 0 radical (unpaired) electrons. The van der Waals surface area contributed by atoms with Gasteiger partial charge in [-0.2, -0.15) is 0 Å². The molecular weight excluding hydrogens is 279 g/mol. The molecule has 5 heteroatoms. The van der Waals surface area contributed by atoms with E-state index in [9.17, 15) is 4.39 Å². The molecule has 0 unspecified atom stereocenters. The number of hydrogen-bond acceptors (Lipinski definition) is 3. The van der Waals surface area contributed by atoms with Crippen molar-refractivity contribution in [2.24, 2.45) is 5.73 Å². The molecule has 0 saturated heterocycles. The second-order valence-corrected chi connectivity index (χ2v) is 4.93. The van der Waals surface area contributed by atoms with Crippen LogP contribution in [0.2, 0.25) is 0 Å². The van der Waals surface area contributed by atoms with Crippen molar-refractivity contribution in [3.05, 3.63) is 39.6 Å². The number of nitrogens with two attached hydrogens (primary N) is 1. The van der Waals surface area contributed by atoms with E-state index in [1.807, 2.05) is 0 Å². The molecule has 0 aliphatic heterocycles. The van der Waals surface area contributed by atoms with Crippen LogP contribution < -0.4 is 5.73 Å². The summed E-state index contributed by atoms with van der Waals surface area (Å²) in [6.07, 6.45) is 1.72. The van der Waals surface area contributed by atoms with Gasteiger partial charge in [-0.05, 0) is 18.2 Å². The van der Waals surface area contributed by atoms with Crippen molar-refractivity contribution in [3.63, 3.8) is 0 Å². The first-order chi connectivity index (χ1) is 7.20. The second-order valence-electron chi connectivity index (χ2n) is 2.96. The molecule has 0 amide bonds. The zero-order chi connectivity index (χ0) is 10.8. The molecule has 2 aromatic rings. The standard InChI is InChI=1S/C10H8BrFN2S/c11-9-2-1-6(12)3-8(9)10-14-5-7(4-13)15-10/h1-3,5H,4,13H2. The summed E-state index contributed by atoms with van der Waals surface area (Å²) in [5, 5.41) is 0.779. The fraction of sp³-hybridized carbons (Fsp3) is 0.100. The van der Waals surface area contributed by atoms with E-state index in [1.54, 1.807) is 12.3 Å². The summed E-state index contributed by atoms with van der Waals surface area (Å²) in [5.41, 5.74) is 6.26. The van der Waals surface area contributed by atoms with Gasteiger partial charge in [-0.1, -0.05) is 15.9 Å². The fourth-order valence-corrected chi connectivity index (χ4v) is 2.57. The quantitative estimate of drug-likeness (QED) is 0.921. The van der Waals surface area contributed by atoms with Crippen LogP contribution in [0, 0.1) is 5.82 Å². The lowest BCUT2D eigenvalue weighted by Gasteiger charge is -1.99. The molecule has 0 spiro atoms. The van der Waals surface area contributed by atoms with Crippen molar-refractivity contribution in [1.82, 2.24) is 4.98 Å². The van der Waals surface area contributed by atoms with Gasteiger partial charge < -0.3 is 5.73 Å². The molecule has 15 heavy (non-hydrogen) atoms. The highest BCUT2D eigenvalue weighted by Crippen LogP contribution is 2.31. The van der Waals surface area contributed by atoms with E-state index in [4.69, 9.17) is 5.73 Å². The van der Waals surface area contributed by atoms with Crippen molar-refractivity contribution in [2.45, 2.75) is 6.54 Å². The van der Waals surface area contributed by atoms with E-state index in [-0.39, 0.29) is 5.82 Å². The molecular formula is C10H8BrFN2S. The predicted octanol–water partition coefficient (Wildman–Crippen LogP) is 3.17. The van der Waals surface area contributed by atoms with Crippen molar-refractivity contribution >= 4 is 27.3 Å². The van der Waals surface area contributed by atoms with Gasteiger partial charge in [0, 0.05) is 27.7 Å². The number of thiazole rings is 1. The Balaban J connectivity index is 2.48. The van der Waals surface area contributed by atoms with E-state index in [0.29, 0.717) is 6.54 Å². The minimum Gasteiger partial charge on any atom is -0.326 e. The number of aromatic nitrogens is 1. The van der Waals surface area contributed by atoms with Crippen LogP contribution in [0.15, 0.2) is 28.9 Å². The van der Waals surface area contributed by atoms with E-state index in [1.165, 1.54) is 23.5 Å². The summed E-state index contributed by atoms with van der Waals surface area (Å²) in [7, 11) is 0. The minimum absolute atomic E-state index is 0.266. The Hall–Kier alpha value is -0.780. The monoisotopic (exact) mass is 286 g/mol. The van der Waals surface area contributed by atoms with Crippen LogP contribution in [-0.2, 0) is 6.54 Å². The van der Waals surface area contributed by atoms with Gasteiger partial charge >= 0.3 is 0 Å². The van der Waals surface area contributed by atoms with Crippen LogP contribution >= 0.6 is 27.3 Å². The van der Waals surface area contributed by atoms with Gasteiger partial charge in [-0.3, -0.25) is 0 Å². The van der Waals surface area contributed by atoms with Gasteiger partial charge in [0.25, 0.3) is 0 Å². The van der Waals surface area contributed by atoms with Gasteiger partial charge in [-0.25, -0.2) is 9.37 Å². The third kappa shape index (κ3) is 2.25. The Morgan fingerprint density at radius 1 is 1.47 bits per heavy atom. The van der Waals surface area contributed by atoms with Crippen LogP contribution in [0.4, 0.5) is 4.39 Å². The summed E-state index contributed by atoms with van der Waals surface area (Å²) in [5.74, 6) is -0.266. The maximum atomic E-state index is 13.1. The molecule has 0 atom stereocenters. The molecule has 2 N–H and O–H groups in total. The molecule has 1 aromatic carbocycles. The third-order valence-electron chi connectivity index (χ3n) is 1.91. The highest BCUT2D eigenvalue weighted by atomic mass is 79.9. The Labute approximate surface area is 99.1 Å². The fourth-order valence-electron chi connectivity index (χ4n) is 1.19. The summed E-state index contributed by atoms with van der Waals surface area (Å²) < 4.78 is 13.9. The normalized spacial score (nSPS) is 10.6. The smallest absolute Gasteiger partial charge is 0.124 e. The lowest BCUT2D eigenvalue weighted by atomic mass is 10.2. The Kier molecular flexibility index (Phi) is 3.14. The Morgan fingerprint density at radius 2 is 2.27 bits per heavy atom. The van der Waals surface area contributed by atoms with Crippen molar-refractivity contribution in [2.75, 3.05) is 0 Å². The summed E-state index contributed by atoms with van der Waals surface area (Å²) >= 11 is 4.84. The summed E-state index contributed by atoms with van der Waals surface area (Å²) in [6.45, 7) is 0.463. The van der Waals surface area contributed by atoms with Crippen molar-refractivity contribution in [3.8, 4) is 10.6 Å². The molecule has 1 heterocycles. The number of halogens is 2. The third-order valence-corrected chi connectivity index (χ3v) is 3.66. The van der Waals surface area contributed by atoms with Gasteiger partial charge in [-0.15, -0.1) is 11.3 Å². The van der Waals surface area contributed by atoms with Crippen molar-refractivity contribution < 1.29 is 4.39 Å². The van der Waals surface area contributed by atoms with E-state index in [0.717, 1.165) is 19.9 Å². The van der Waals surface area contributed by atoms with E-state index < -0.39 is 0 Å². The first-order valence-corrected chi connectivity index (χ1v) is 5.92. The lowest BCUT2D eigenvalue weighted by Crippen LogP contribution is -1.91. The SMILES string of the molecule is NCc1cnc(-c2cc(F)ccc2Br)s1. The first kappa shape index (κ1) is 10.7. The number of rotatable bonds is 2. The van der Waals surface area contributed by atoms with Crippen LogP contribution in [0.25, 0.3) is 10.6 Å². The molecule has 0 bridgehead atoms. The number of benzene rings is 1. The van der Waals surface area contributed by atoms with E-state index in [2.05, 4.69) is 20.9 Å². The maximum Gasteiger partial charge on any atom is 0.124 e. The minimum atomic E-state index is -0.266. The average Bonchev–Trinajstić information content (AvgIpc) is 2.70. The highest BCUT2D eigenvalue weighted by Gasteiger charge is 2.08. The Morgan fingerprint density at radius 3 is 2.93 bits per heavy atom. The molecule has 78 valence electrons. The van der Waals surface area contributed by atoms with Gasteiger partial charge in [0.1, 0.15) is 10.8 Å². The molecule has 2 rings (SSSR count). The molecule has 1 aromatic heterocycles. The lowest BCUT2D eigenvalue weighted by molar-refractivity contribution is 0.628. The van der Waals surface area contributed by atoms with Crippen LogP contribution in [0.5, 0.6) is 0 Å². The molecule has 2 nitrogen and oxygen atoms in total. The zero-order valence-electron chi connectivity index (χ0n) is 7.71. The average molecular weight is 287 g/mol. The van der Waals surface area contributed by atoms with E-state index >= 15 is 0 Å². The Bertz CT molecular complexity index is 484. The maximum absolute atomic E-state index is 13.1. The van der Waals surface area contributed by atoms with Gasteiger partial charge in [0.05, 0.1) is 0 Å². The van der Waals surface area contributed by atoms with Crippen LogP contribution in [0.1, 0.15) is 4.88 Å². The molecule has 0 aliphatic carbocycles. The van der Waals surface area contributed by atoms with Gasteiger partial charge in [0.2, 0.25) is 0 Å². The molecule has 0 fully saturated rings. The topological polar surface area (TPSA) is 38.9 Å². The first-order valence-electron chi connectivity index (χ1n) is 4.31. The van der Waals surface area contributed by atoms with Crippen LogP contribution in [0.3, 0.4) is 0 Å². The van der Waals surface area contributed by atoms with Crippen LogP contribution in [-0.4, -0.2) is 4.98 Å². The highest BCUT2D eigenvalue weighted by molar-refractivity contribution is 9.10. The molecule has 0 saturated carbocycles. The summed E-state index contributed by atoms with van der Waals surface area (Å²) in [6, 6.07) is 4.54. The predicted molar refractivity (Wildman–Crippen MR) is 63.1 cm³/mol. The van der Waals surface area contributed by atoms with Gasteiger partial charge in [0.15, 0.2) is 0 Å². The largest absolute Gasteiger partial charge is 0.326 e. The van der Waals surface area contributed by atoms with Crippen molar-refractivity contribution in [1.29, 1.82) is 0 Å². The summed E-state index contributed by atoms with van der Waals surface area (Å²) in [4.78, 5) is 5.19. The molecule has 0 aliphatic rings. The second kappa shape index (κ2) is 4.38. The zero-order valence-corrected chi connectivity index (χ0v) is 10.1.